The van der Waals surface area contributed by atoms with Gasteiger partial charge in [0, 0.05) is 0 Å². The molecule has 0 saturated heterocycles. The van der Waals surface area contributed by atoms with Gasteiger partial charge in [-0.15, -0.1) is 0 Å². The lowest BCUT2D eigenvalue weighted by atomic mass is 10.0. The summed E-state index contributed by atoms with van der Waals surface area (Å²) in [5.74, 6) is 0.248. The molecule has 0 aliphatic heterocycles. The summed E-state index contributed by atoms with van der Waals surface area (Å²) in [7, 11) is 0. The zero-order chi connectivity index (χ0) is 15.9. The van der Waals surface area contributed by atoms with E-state index < -0.39 is 6.10 Å². The second-order valence-corrected chi connectivity index (χ2v) is 4.92. The number of esters is 1. The van der Waals surface area contributed by atoms with E-state index >= 15 is 0 Å². The van der Waals surface area contributed by atoms with Gasteiger partial charge in [-0.2, -0.15) is 0 Å². The summed E-state index contributed by atoms with van der Waals surface area (Å²) in [6, 6.07) is 15.2. The number of aliphatic hydroxyl groups is 1. The van der Waals surface area contributed by atoms with Crippen molar-refractivity contribution in [1.82, 2.24) is 0 Å². The topological polar surface area (TPSA) is 55.8 Å². The van der Waals surface area contributed by atoms with Gasteiger partial charge in [-0.25, -0.2) is 4.79 Å². The first-order valence-corrected chi connectivity index (χ1v) is 7.27. The van der Waals surface area contributed by atoms with Crippen LogP contribution in [0.4, 0.5) is 0 Å². The fourth-order valence-electron chi connectivity index (χ4n) is 2.04. The smallest absolute Gasteiger partial charge is 0.344 e. The van der Waals surface area contributed by atoms with Gasteiger partial charge in [0.2, 0.25) is 0 Å². The molecule has 2 aromatic rings. The summed E-state index contributed by atoms with van der Waals surface area (Å²) >= 11 is 0. The fourth-order valence-corrected chi connectivity index (χ4v) is 2.04. The van der Waals surface area contributed by atoms with Crippen molar-refractivity contribution < 1.29 is 19.4 Å². The van der Waals surface area contributed by atoms with Crippen LogP contribution < -0.4 is 4.74 Å². The van der Waals surface area contributed by atoms with Crippen LogP contribution in [0.1, 0.15) is 25.5 Å². The zero-order valence-electron chi connectivity index (χ0n) is 12.8. The van der Waals surface area contributed by atoms with Crippen molar-refractivity contribution in [3.05, 3.63) is 54.1 Å². The summed E-state index contributed by atoms with van der Waals surface area (Å²) in [5, 5.41) is 9.51. The molecule has 1 atom stereocenters. The van der Waals surface area contributed by atoms with Gasteiger partial charge in [0.1, 0.15) is 5.75 Å². The highest BCUT2D eigenvalue weighted by atomic mass is 16.6. The van der Waals surface area contributed by atoms with E-state index in [0.717, 1.165) is 16.7 Å². The summed E-state index contributed by atoms with van der Waals surface area (Å²) in [6.07, 6.45) is -0.465. The molecule has 0 amide bonds. The Hall–Kier alpha value is -2.33. The number of benzene rings is 2. The summed E-state index contributed by atoms with van der Waals surface area (Å²) in [6.45, 7) is 3.76. The molecule has 22 heavy (non-hydrogen) atoms. The second kappa shape index (κ2) is 7.61. The molecule has 0 bridgehead atoms. The molecule has 4 nitrogen and oxygen atoms in total. The normalized spacial score (nSPS) is 11.8. The summed E-state index contributed by atoms with van der Waals surface area (Å²) in [5.41, 5.74) is 2.99. The van der Waals surface area contributed by atoms with Gasteiger partial charge in [-0.3, -0.25) is 0 Å². The van der Waals surface area contributed by atoms with Gasteiger partial charge in [-0.1, -0.05) is 36.4 Å². The lowest BCUT2D eigenvalue weighted by molar-refractivity contribution is -0.145. The maximum Gasteiger partial charge on any atom is 0.344 e. The molecule has 0 radical (unpaired) electrons. The molecule has 0 aliphatic rings. The Bertz CT molecular complexity index is 600. The van der Waals surface area contributed by atoms with E-state index in [4.69, 9.17) is 9.47 Å². The van der Waals surface area contributed by atoms with Crippen molar-refractivity contribution in [2.45, 2.75) is 20.0 Å². The molecule has 0 aliphatic carbocycles. The van der Waals surface area contributed by atoms with Crippen LogP contribution in [0, 0.1) is 0 Å². The highest BCUT2D eigenvalue weighted by Gasteiger charge is 2.05. The van der Waals surface area contributed by atoms with E-state index in [0.29, 0.717) is 12.4 Å². The minimum Gasteiger partial charge on any atom is -0.482 e. The Labute approximate surface area is 130 Å². The molecule has 2 rings (SSSR count). The Kier molecular flexibility index (Phi) is 5.55. The predicted molar refractivity (Wildman–Crippen MR) is 84.6 cm³/mol. The van der Waals surface area contributed by atoms with Crippen molar-refractivity contribution in [2.75, 3.05) is 13.2 Å². The van der Waals surface area contributed by atoms with Gasteiger partial charge in [0.15, 0.2) is 6.61 Å². The first-order chi connectivity index (χ1) is 10.6. The maximum absolute atomic E-state index is 11.2. The van der Waals surface area contributed by atoms with E-state index in [1.807, 2.05) is 48.5 Å². The Balaban J connectivity index is 2.00. The van der Waals surface area contributed by atoms with Gasteiger partial charge in [0.05, 0.1) is 12.7 Å². The minimum absolute atomic E-state index is 0.0870. The van der Waals surface area contributed by atoms with Gasteiger partial charge >= 0.3 is 5.97 Å². The number of hydrogen-bond donors (Lipinski definition) is 1. The van der Waals surface area contributed by atoms with Crippen LogP contribution in [-0.4, -0.2) is 24.3 Å². The zero-order valence-corrected chi connectivity index (χ0v) is 12.8. The predicted octanol–water partition coefficient (Wildman–Crippen LogP) is 3.35. The van der Waals surface area contributed by atoms with Crippen molar-refractivity contribution in [1.29, 1.82) is 0 Å². The quantitative estimate of drug-likeness (QED) is 0.831. The van der Waals surface area contributed by atoms with E-state index in [2.05, 4.69) is 0 Å². The monoisotopic (exact) mass is 300 g/mol. The van der Waals surface area contributed by atoms with Crippen LogP contribution in [0.15, 0.2) is 48.5 Å². The third kappa shape index (κ3) is 4.33. The molecule has 0 spiro atoms. The van der Waals surface area contributed by atoms with E-state index in [9.17, 15) is 9.90 Å². The van der Waals surface area contributed by atoms with E-state index in [1.165, 1.54) is 0 Å². The lowest BCUT2D eigenvalue weighted by Gasteiger charge is -2.08. The van der Waals surface area contributed by atoms with E-state index in [1.54, 1.807) is 13.8 Å². The largest absolute Gasteiger partial charge is 0.482 e. The average Bonchev–Trinajstić information content (AvgIpc) is 2.54. The average molecular weight is 300 g/mol. The first-order valence-electron chi connectivity index (χ1n) is 7.27. The van der Waals surface area contributed by atoms with Crippen LogP contribution >= 0.6 is 0 Å². The molecule has 0 saturated carbocycles. The molecule has 4 heteroatoms. The highest BCUT2D eigenvalue weighted by Crippen LogP contribution is 2.24. The molecule has 1 unspecified atom stereocenters. The van der Waals surface area contributed by atoms with Crippen LogP contribution in [-0.2, 0) is 9.53 Å². The van der Waals surface area contributed by atoms with Gasteiger partial charge < -0.3 is 14.6 Å². The second-order valence-electron chi connectivity index (χ2n) is 4.92. The highest BCUT2D eigenvalue weighted by molar-refractivity contribution is 5.71. The molecular weight excluding hydrogens is 280 g/mol. The minimum atomic E-state index is -0.465. The van der Waals surface area contributed by atoms with Crippen LogP contribution in [0.2, 0.25) is 0 Å². The van der Waals surface area contributed by atoms with Crippen molar-refractivity contribution >= 4 is 5.97 Å². The molecule has 0 fully saturated rings. The Morgan fingerprint density at radius 3 is 2.09 bits per heavy atom. The first kappa shape index (κ1) is 16.0. The molecule has 2 aromatic carbocycles. The van der Waals surface area contributed by atoms with Crippen LogP contribution in [0.3, 0.4) is 0 Å². The summed E-state index contributed by atoms with van der Waals surface area (Å²) in [4.78, 5) is 11.2. The van der Waals surface area contributed by atoms with Crippen molar-refractivity contribution in [3.8, 4) is 16.9 Å². The number of rotatable bonds is 6. The van der Waals surface area contributed by atoms with Crippen LogP contribution in [0.25, 0.3) is 11.1 Å². The number of carbonyl (C=O) groups excluding carboxylic acids is 1. The molecule has 116 valence electrons. The number of hydrogen-bond acceptors (Lipinski definition) is 4. The SMILES string of the molecule is CCOC(=O)COc1ccc(-c2ccc(C(C)O)cc2)cc1. The maximum atomic E-state index is 11.2. The Morgan fingerprint density at radius 2 is 1.59 bits per heavy atom. The standard InChI is InChI=1S/C18H20O4/c1-3-21-18(20)12-22-17-10-8-16(9-11-17)15-6-4-14(5-7-15)13(2)19/h4-11,13,19H,3,12H2,1-2H3. The number of carbonyl (C=O) groups is 1. The lowest BCUT2D eigenvalue weighted by Crippen LogP contribution is -2.14. The van der Waals surface area contributed by atoms with Crippen LogP contribution in [0.5, 0.6) is 5.75 Å². The van der Waals surface area contributed by atoms with E-state index in [-0.39, 0.29) is 12.6 Å². The number of aliphatic hydroxyl groups excluding tert-OH is 1. The number of ether oxygens (including phenoxy) is 2. The molecule has 1 N–H and O–H groups in total. The molecular formula is C18H20O4. The molecule has 0 heterocycles. The third-order valence-corrected chi connectivity index (χ3v) is 3.24. The van der Waals surface area contributed by atoms with Gasteiger partial charge in [0.25, 0.3) is 0 Å². The van der Waals surface area contributed by atoms with Crippen molar-refractivity contribution in [3.63, 3.8) is 0 Å². The fraction of sp³-hybridized carbons (Fsp3) is 0.278. The third-order valence-electron chi connectivity index (χ3n) is 3.24. The Morgan fingerprint density at radius 1 is 1.05 bits per heavy atom. The van der Waals surface area contributed by atoms with Gasteiger partial charge in [-0.05, 0) is 42.7 Å². The van der Waals surface area contributed by atoms with Crippen molar-refractivity contribution in [2.24, 2.45) is 0 Å². The summed E-state index contributed by atoms with van der Waals surface area (Å²) < 4.78 is 10.2. The molecule has 0 aromatic heterocycles.